The zero-order valence-corrected chi connectivity index (χ0v) is 12.0. The summed E-state index contributed by atoms with van der Waals surface area (Å²) in [6.45, 7) is 4.75. The first-order valence-corrected chi connectivity index (χ1v) is 7.16. The third-order valence-electron chi connectivity index (χ3n) is 3.59. The van der Waals surface area contributed by atoms with Gasteiger partial charge < -0.3 is 10.0 Å². The minimum atomic E-state index is -0.756. The maximum absolute atomic E-state index is 11.5. The molecule has 2 aromatic carbocycles. The van der Waals surface area contributed by atoms with Gasteiger partial charge in [-0.1, -0.05) is 50.2 Å². The zero-order valence-electron chi connectivity index (χ0n) is 12.0. The molecule has 0 aliphatic heterocycles. The van der Waals surface area contributed by atoms with Gasteiger partial charge in [0.2, 0.25) is 0 Å². The first-order chi connectivity index (χ1) is 9.69. The molecule has 20 heavy (non-hydrogen) atoms. The van der Waals surface area contributed by atoms with E-state index in [1.165, 1.54) is 0 Å². The van der Waals surface area contributed by atoms with E-state index in [2.05, 4.69) is 25.1 Å². The molecule has 0 bridgehead atoms. The van der Waals surface area contributed by atoms with E-state index in [1.54, 1.807) is 0 Å². The van der Waals surface area contributed by atoms with Gasteiger partial charge in [-0.2, -0.15) is 0 Å². The van der Waals surface area contributed by atoms with Crippen molar-refractivity contribution in [3.8, 4) is 0 Å². The van der Waals surface area contributed by atoms with Crippen LogP contribution >= 0.6 is 0 Å². The van der Waals surface area contributed by atoms with E-state index in [0.717, 1.165) is 29.4 Å². The molecule has 0 amide bonds. The zero-order chi connectivity index (χ0) is 14.5. The molecule has 0 saturated carbocycles. The van der Waals surface area contributed by atoms with E-state index < -0.39 is 12.0 Å². The SMILES string of the molecule is CCCN(c1cccc2ccccc12)[C@@H](CC)C(=O)O. The van der Waals surface area contributed by atoms with Crippen LogP contribution in [0.15, 0.2) is 42.5 Å². The van der Waals surface area contributed by atoms with E-state index in [-0.39, 0.29) is 0 Å². The molecule has 0 saturated heterocycles. The van der Waals surface area contributed by atoms with E-state index in [0.29, 0.717) is 6.42 Å². The Kier molecular flexibility index (Phi) is 4.61. The van der Waals surface area contributed by atoms with Crippen LogP contribution in [0.4, 0.5) is 5.69 Å². The van der Waals surface area contributed by atoms with Gasteiger partial charge in [-0.05, 0) is 24.3 Å². The Hall–Kier alpha value is -2.03. The molecule has 0 heterocycles. The third-order valence-corrected chi connectivity index (χ3v) is 3.59. The number of nitrogens with zero attached hydrogens (tertiary/aromatic N) is 1. The van der Waals surface area contributed by atoms with Crippen LogP contribution in [0.25, 0.3) is 10.8 Å². The van der Waals surface area contributed by atoms with Gasteiger partial charge in [-0.25, -0.2) is 4.79 Å². The van der Waals surface area contributed by atoms with Gasteiger partial charge in [0.1, 0.15) is 6.04 Å². The van der Waals surface area contributed by atoms with E-state index >= 15 is 0 Å². The monoisotopic (exact) mass is 271 g/mol. The van der Waals surface area contributed by atoms with Gasteiger partial charge in [0, 0.05) is 17.6 Å². The fraction of sp³-hybridized carbons (Fsp3) is 0.353. The molecule has 0 radical (unpaired) electrons. The van der Waals surface area contributed by atoms with E-state index in [9.17, 15) is 9.90 Å². The number of aliphatic carboxylic acids is 1. The van der Waals surface area contributed by atoms with E-state index in [1.807, 2.05) is 36.1 Å². The smallest absolute Gasteiger partial charge is 0.326 e. The van der Waals surface area contributed by atoms with Crippen LogP contribution in [0.2, 0.25) is 0 Å². The van der Waals surface area contributed by atoms with Crippen LogP contribution < -0.4 is 4.90 Å². The number of rotatable bonds is 6. The van der Waals surface area contributed by atoms with Crippen molar-refractivity contribution >= 4 is 22.4 Å². The highest BCUT2D eigenvalue weighted by atomic mass is 16.4. The second-order valence-corrected chi connectivity index (χ2v) is 4.95. The van der Waals surface area contributed by atoms with Crippen molar-refractivity contribution in [2.45, 2.75) is 32.7 Å². The van der Waals surface area contributed by atoms with Crippen molar-refractivity contribution in [2.75, 3.05) is 11.4 Å². The lowest BCUT2D eigenvalue weighted by atomic mass is 10.1. The Morgan fingerprint density at radius 2 is 1.85 bits per heavy atom. The van der Waals surface area contributed by atoms with Crippen LogP contribution in [0, 0.1) is 0 Å². The number of hydrogen-bond donors (Lipinski definition) is 1. The van der Waals surface area contributed by atoms with Crippen molar-refractivity contribution in [3.05, 3.63) is 42.5 Å². The lowest BCUT2D eigenvalue weighted by Crippen LogP contribution is -2.41. The Labute approximate surface area is 119 Å². The highest BCUT2D eigenvalue weighted by Gasteiger charge is 2.24. The normalized spacial score (nSPS) is 12.3. The predicted octanol–water partition coefficient (Wildman–Crippen LogP) is 3.92. The van der Waals surface area contributed by atoms with Crippen LogP contribution in [-0.2, 0) is 4.79 Å². The first kappa shape index (κ1) is 14.4. The maximum atomic E-state index is 11.5. The van der Waals surface area contributed by atoms with E-state index in [4.69, 9.17) is 0 Å². The Morgan fingerprint density at radius 1 is 1.15 bits per heavy atom. The molecule has 0 aliphatic carbocycles. The van der Waals surface area contributed by atoms with Crippen molar-refractivity contribution in [3.63, 3.8) is 0 Å². The van der Waals surface area contributed by atoms with Gasteiger partial charge in [0.05, 0.1) is 0 Å². The maximum Gasteiger partial charge on any atom is 0.326 e. The summed E-state index contributed by atoms with van der Waals surface area (Å²) in [5.74, 6) is -0.756. The van der Waals surface area contributed by atoms with Crippen molar-refractivity contribution < 1.29 is 9.90 Å². The fourth-order valence-electron chi connectivity index (χ4n) is 2.67. The first-order valence-electron chi connectivity index (χ1n) is 7.16. The minimum absolute atomic E-state index is 0.472. The Bertz CT molecular complexity index is 589. The molecular weight excluding hydrogens is 250 g/mol. The number of benzene rings is 2. The van der Waals surface area contributed by atoms with Crippen molar-refractivity contribution in [1.82, 2.24) is 0 Å². The summed E-state index contributed by atoms with van der Waals surface area (Å²) in [4.78, 5) is 13.5. The van der Waals surface area contributed by atoms with Crippen molar-refractivity contribution in [1.29, 1.82) is 0 Å². The van der Waals surface area contributed by atoms with Gasteiger partial charge in [-0.15, -0.1) is 0 Å². The van der Waals surface area contributed by atoms with Gasteiger partial charge in [0.15, 0.2) is 0 Å². The lowest BCUT2D eigenvalue weighted by Gasteiger charge is -2.31. The summed E-state index contributed by atoms with van der Waals surface area (Å²) in [6.07, 6.45) is 1.52. The average molecular weight is 271 g/mol. The molecule has 1 atom stereocenters. The standard InChI is InChI=1S/C17H21NO2/c1-3-12-18(15(4-2)17(19)20)16-11-7-9-13-8-5-6-10-14(13)16/h5-11,15H,3-4,12H2,1-2H3,(H,19,20)/t15-/m0/s1. The number of carboxylic acids is 1. The molecule has 2 aromatic rings. The number of fused-ring (bicyclic) bond motifs is 1. The second-order valence-electron chi connectivity index (χ2n) is 4.95. The quantitative estimate of drug-likeness (QED) is 0.865. The van der Waals surface area contributed by atoms with Crippen LogP contribution in [0.5, 0.6) is 0 Å². The molecule has 106 valence electrons. The van der Waals surface area contributed by atoms with Crippen LogP contribution in [-0.4, -0.2) is 23.7 Å². The molecule has 2 rings (SSSR count). The number of anilines is 1. The van der Waals surface area contributed by atoms with Crippen LogP contribution in [0.3, 0.4) is 0 Å². The van der Waals surface area contributed by atoms with Crippen molar-refractivity contribution in [2.24, 2.45) is 0 Å². The average Bonchev–Trinajstić information content (AvgIpc) is 2.46. The highest BCUT2D eigenvalue weighted by Crippen LogP contribution is 2.29. The molecule has 0 unspecified atom stereocenters. The van der Waals surface area contributed by atoms with Gasteiger partial charge >= 0.3 is 5.97 Å². The van der Waals surface area contributed by atoms with Crippen LogP contribution in [0.1, 0.15) is 26.7 Å². The number of carbonyl (C=O) groups is 1. The summed E-state index contributed by atoms with van der Waals surface area (Å²) < 4.78 is 0. The molecule has 0 spiro atoms. The van der Waals surface area contributed by atoms with Gasteiger partial charge in [0.25, 0.3) is 0 Å². The summed E-state index contributed by atoms with van der Waals surface area (Å²) in [5.41, 5.74) is 1.01. The molecule has 0 fully saturated rings. The Morgan fingerprint density at radius 3 is 2.50 bits per heavy atom. The molecule has 0 aromatic heterocycles. The topological polar surface area (TPSA) is 40.5 Å². The number of carboxylic acid groups (broad SMARTS) is 1. The number of hydrogen-bond acceptors (Lipinski definition) is 2. The fourth-order valence-corrected chi connectivity index (χ4v) is 2.67. The van der Waals surface area contributed by atoms with Gasteiger partial charge in [-0.3, -0.25) is 0 Å². The largest absolute Gasteiger partial charge is 0.480 e. The third kappa shape index (κ3) is 2.77. The second kappa shape index (κ2) is 6.42. The molecular formula is C17H21NO2. The molecule has 3 heteroatoms. The minimum Gasteiger partial charge on any atom is -0.480 e. The summed E-state index contributed by atoms with van der Waals surface area (Å²) in [6, 6.07) is 13.7. The molecule has 3 nitrogen and oxygen atoms in total. The lowest BCUT2D eigenvalue weighted by molar-refractivity contribution is -0.138. The Balaban J connectivity index is 2.54. The predicted molar refractivity (Wildman–Crippen MR) is 83.3 cm³/mol. The molecule has 1 N–H and O–H groups in total. The molecule has 0 aliphatic rings. The highest BCUT2D eigenvalue weighted by molar-refractivity contribution is 5.95. The summed E-state index contributed by atoms with van der Waals surface area (Å²) >= 11 is 0. The summed E-state index contributed by atoms with van der Waals surface area (Å²) in [5, 5.41) is 11.7. The summed E-state index contributed by atoms with van der Waals surface area (Å²) in [7, 11) is 0.